The number of ether oxygens (including phenoxy) is 1. The van der Waals surface area contributed by atoms with Crippen LogP contribution < -0.4 is 15.0 Å². The summed E-state index contributed by atoms with van der Waals surface area (Å²) in [5.74, 6) is -0.670. The van der Waals surface area contributed by atoms with Crippen molar-refractivity contribution in [3.05, 3.63) is 89.5 Å². The van der Waals surface area contributed by atoms with E-state index in [0.717, 1.165) is 12.1 Å². The molecule has 0 heterocycles. The Bertz CT molecular complexity index is 1110. The van der Waals surface area contributed by atoms with E-state index >= 15 is 0 Å². The molecule has 0 aromatic heterocycles. The first-order valence-electron chi connectivity index (χ1n) is 9.21. The van der Waals surface area contributed by atoms with Crippen molar-refractivity contribution in [2.45, 2.75) is 6.18 Å². The number of carbonyl (C=O) groups excluding carboxylic acids is 2. The minimum Gasteiger partial charge on any atom is -0.496 e. The SMILES string of the molecule is COc1ccccc1C(=O)N(C)c1ccccc1C(=O)Nc1cccc(C(F)(F)F)c1. The highest BCUT2D eigenvalue weighted by molar-refractivity contribution is 6.14. The third-order valence-corrected chi connectivity index (χ3v) is 4.60. The third-order valence-electron chi connectivity index (χ3n) is 4.60. The molecule has 3 rings (SSSR count). The minimum absolute atomic E-state index is 0.00617. The van der Waals surface area contributed by atoms with Gasteiger partial charge >= 0.3 is 6.18 Å². The number of nitrogens with zero attached hydrogens (tertiary/aromatic N) is 1. The van der Waals surface area contributed by atoms with Crippen LogP contribution in [-0.2, 0) is 6.18 Å². The molecular weight excluding hydrogens is 409 g/mol. The average Bonchev–Trinajstić information content (AvgIpc) is 2.77. The molecule has 0 bridgehead atoms. The number of carbonyl (C=O) groups is 2. The second-order valence-electron chi connectivity index (χ2n) is 6.61. The van der Waals surface area contributed by atoms with Gasteiger partial charge in [0.15, 0.2) is 0 Å². The van der Waals surface area contributed by atoms with E-state index in [1.54, 1.807) is 42.5 Å². The van der Waals surface area contributed by atoms with E-state index in [1.807, 2.05) is 0 Å². The fourth-order valence-electron chi connectivity index (χ4n) is 3.04. The molecule has 3 aromatic carbocycles. The van der Waals surface area contributed by atoms with Gasteiger partial charge in [0.25, 0.3) is 11.8 Å². The number of benzene rings is 3. The van der Waals surface area contributed by atoms with E-state index in [-0.39, 0.29) is 11.3 Å². The Morgan fingerprint density at radius 3 is 2.23 bits per heavy atom. The fraction of sp³-hybridized carbons (Fsp3) is 0.130. The Kier molecular flexibility index (Phi) is 6.29. The number of methoxy groups -OCH3 is 1. The summed E-state index contributed by atoms with van der Waals surface area (Å²) in [5.41, 5.74) is -0.149. The van der Waals surface area contributed by atoms with Crippen LogP contribution in [0.3, 0.4) is 0 Å². The molecule has 1 N–H and O–H groups in total. The monoisotopic (exact) mass is 428 g/mol. The van der Waals surface area contributed by atoms with Crippen molar-refractivity contribution in [3.8, 4) is 5.75 Å². The van der Waals surface area contributed by atoms with Crippen LogP contribution in [0.25, 0.3) is 0 Å². The molecule has 0 radical (unpaired) electrons. The number of halogens is 3. The van der Waals surface area contributed by atoms with Crippen LogP contribution in [0, 0.1) is 0 Å². The smallest absolute Gasteiger partial charge is 0.416 e. The fourth-order valence-corrected chi connectivity index (χ4v) is 3.04. The highest BCUT2D eigenvalue weighted by atomic mass is 19.4. The maximum atomic E-state index is 13.0. The Morgan fingerprint density at radius 1 is 0.903 bits per heavy atom. The van der Waals surface area contributed by atoms with Crippen molar-refractivity contribution in [3.63, 3.8) is 0 Å². The molecule has 0 aliphatic heterocycles. The highest BCUT2D eigenvalue weighted by Gasteiger charge is 2.30. The van der Waals surface area contributed by atoms with Crippen LogP contribution in [0.1, 0.15) is 26.3 Å². The standard InChI is InChI=1S/C23H19F3N2O3/c1-28(22(30)18-11-4-6-13-20(18)31-2)19-12-5-3-10-17(19)21(29)27-16-9-7-8-15(14-16)23(24,25)26/h3-14H,1-2H3,(H,27,29). The van der Waals surface area contributed by atoms with E-state index < -0.39 is 23.6 Å². The topological polar surface area (TPSA) is 58.6 Å². The zero-order chi connectivity index (χ0) is 22.6. The average molecular weight is 428 g/mol. The molecule has 8 heteroatoms. The lowest BCUT2D eigenvalue weighted by atomic mass is 10.1. The zero-order valence-corrected chi connectivity index (χ0v) is 16.7. The molecule has 2 amide bonds. The number of alkyl halides is 3. The van der Waals surface area contributed by atoms with Gasteiger partial charge < -0.3 is 15.0 Å². The van der Waals surface area contributed by atoms with Crippen molar-refractivity contribution < 1.29 is 27.5 Å². The molecule has 31 heavy (non-hydrogen) atoms. The molecule has 0 fully saturated rings. The largest absolute Gasteiger partial charge is 0.496 e. The maximum Gasteiger partial charge on any atom is 0.416 e. The first-order chi connectivity index (χ1) is 14.7. The van der Waals surface area contributed by atoms with Crippen LogP contribution in [-0.4, -0.2) is 26.0 Å². The van der Waals surface area contributed by atoms with Gasteiger partial charge in [-0.05, 0) is 42.5 Å². The Labute approximate surface area is 177 Å². The number of rotatable bonds is 5. The molecule has 0 aliphatic rings. The van der Waals surface area contributed by atoms with Gasteiger partial charge in [0.1, 0.15) is 5.75 Å². The summed E-state index contributed by atoms with van der Waals surface area (Å²) in [5, 5.41) is 2.47. The second kappa shape index (κ2) is 8.91. The number of hydrogen-bond donors (Lipinski definition) is 1. The van der Waals surface area contributed by atoms with Crippen molar-refractivity contribution in [1.82, 2.24) is 0 Å². The summed E-state index contributed by atoms with van der Waals surface area (Å²) in [6.45, 7) is 0. The normalized spacial score (nSPS) is 11.0. The lowest BCUT2D eigenvalue weighted by molar-refractivity contribution is -0.137. The predicted molar refractivity (Wildman–Crippen MR) is 112 cm³/mol. The number of hydrogen-bond acceptors (Lipinski definition) is 3. The van der Waals surface area contributed by atoms with Gasteiger partial charge in [-0.15, -0.1) is 0 Å². The number of amides is 2. The van der Waals surface area contributed by atoms with Crippen molar-refractivity contribution in [2.75, 3.05) is 24.4 Å². The highest BCUT2D eigenvalue weighted by Crippen LogP contribution is 2.31. The molecule has 0 atom stereocenters. The van der Waals surface area contributed by atoms with E-state index in [0.29, 0.717) is 17.0 Å². The summed E-state index contributed by atoms with van der Waals surface area (Å²) in [4.78, 5) is 27.1. The third kappa shape index (κ3) is 4.85. The lowest BCUT2D eigenvalue weighted by Gasteiger charge is -2.21. The van der Waals surface area contributed by atoms with E-state index in [1.165, 1.54) is 37.3 Å². The van der Waals surface area contributed by atoms with Crippen LogP contribution >= 0.6 is 0 Å². The van der Waals surface area contributed by atoms with Gasteiger partial charge in [0.05, 0.1) is 29.5 Å². The van der Waals surface area contributed by atoms with Crippen molar-refractivity contribution in [1.29, 1.82) is 0 Å². The van der Waals surface area contributed by atoms with Gasteiger partial charge in [-0.25, -0.2) is 0 Å². The zero-order valence-electron chi connectivity index (χ0n) is 16.7. The van der Waals surface area contributed by atoms with Crippen molar-refractivity contribution in [2.24, 2.45) is 0 Å². The molecule has 0 unspecified atom stereocenters. The molecule has 160 valence electrons. The van der Waals surface area contributed by atoms with E-state index in [9.17, 15) is 22.8 Å². The molecular formula is C23H19F3N2O3. The van der Waals surface area contributed by atoms with Crippen LogP contribution in [0.15, 0.2) is 72.8 Å². The number of para-hydroxylation sites is 2. The van der Waals surface area contributed by atoms with Gasteiger partial charge in [-0.1, -0.05) is 30.3 Å². The Morgan fingerprint density at radius 2 is 1.55 bits per heavy atom. The molecule has 5 nitrogen and oxygen atoms in total. The molecule has 0 spiro atoms. The first-order valence-corrected chi connectivity index (χ1v) is 9.21. The first kappa shape index (κ1) is 21.9. The van der Waals surface area contributed by atoms with Crippen LogP contribution in [0.4, 0.5) is 24.5 Å². The summed E-state index contributed by atoms with van der Waals surface area (Å²) >= 11 is 0. The predicted octanol–water partition coefficient (Wildman–Crippen LogP) is 5.24. The van der Waals surface area contributed by atoms with E-state index in [2.05, 4.69) is 5.32 Å². The summed E-state index contributed by atoms with van der Waals surface area (Å²) < 4.78 is 44.1. The summed E-state index contributed by atoms with van der Waals surface area (Å²) in [6, 6.07) is 17.3. The molecule has 0 aliphatic carbocycles. The summed E-state index contributed by atoms with van der Waals surface area (Å²) in [7, 11) is 2.95. The minimum atomic E-state index is -4.53. The van der Waals surface area contributed by atoms with E-state index in [4.69, 9.17) is 4.74 Å². The van der Waals surface area contributed by atoms with Gasteiger partial charge in [0.2, 0.25) is 0 Å². The quantitative estimate of drug-likeness (QED) is 0.605. The Hall–Kier alpha value is -3.81. The second-order valence-corrected chi connectivity index (χ2v) is 6.61. The van der Waals surface area contributed by atoms with Gasteiger partial charge in [0, 0.05) is 12.7 Å². The van der Waals surface area contributed by atoms with Crippen LogP contribution in [0.5, 0.6) is 5.75 Å². The number of anilines is 2. The van der Waals surface area contributed by atoms with Crippen LogP contribution in [0.2, 0.25) is 0 Å². The number of nitrogens with one attached hydrogen (secondary N) is 1. The lowest BCUT2D eigenvalue weighted by Crippen LogP contribution is -2.29. The Balaban J connectivity index is 1.89. The maximum absolute atomic E-state index is 13.0. The van der Waals surface area contributed by atoms with Gasteiger partial charge in [-0.2, -0.15) is 13.2 Å². The summed E-state index contributed by atoms with van der Waals surface area (Å²) in [6.07, 6.45) is -4.53. The molecule has 0 saturated heterocycles. The van der Waals surface area contributed by atoms with Crippen molar-refractivity contribution >= 4 is 23.2 Å². The molecule has 3 aromatic rings. The molecule has 0 saturated carbocycles. The van der Waals surface area contributed by atoms with Gasteiger partial charge in [-0.3, -0.25) is 9.59 Å².